The highest BCUT2D eigenvalue weighted by Crippen LogP contribution is 2.20. The predicted octanol–water partition coefficient (Wildman–Crippen LogP) is 2.34. The zero-order valence-corrected chi connectivity index (χ0v) is 14.1. The number of carbonyl (C=O) groups is 1. The number of hydrogen-bond acceptors (Lipinski definition) is 5. The molecule has 6 heteroatoms. The van der Waals surface area contributed by atoms with Crippen LogP contribution in [0.1, 0.15) is 48.1 Å². The molecule has 2 N–H and O–H groups in total. The number of aromatic nitrogens is 2. The van der Waals surface area contributed by atoms with Crippen LogP contribution in [0, 0.1) is 19.8 Å². The monoisotopic (exact) mass is 311 g/mol. The first-order valence-corrected chi connectivity index (χ1v) is 8.54. The van der Waals surface area contributed by atoms with Gasteiger partial charge in [0.25, 0.3) is 5.91 Å². The molecule has 1 atom stereocenters. The summed E-state index contributed by atoms with van der Waals surface area (Å²) in [7, 11) is 0. The van der Waals surface area contributed by atoms with Crippen LogP contribution in [0.4, 0.5) is 0 Å². The van der Waals surface area contributed by atoms with Gasteiger partial charge in [-0.3, -0.25) is 4.79 Å². The minimum absolute atomic E-state index is 0.129. The molecular formula is C15H25N3O2S. The van der Waals surface area contributed by atoms with E-state index in [0.29, 0.717) is 41.0 Å². The molecule has 21 heavy (non-hydrogen) atoms. The van der Waals surface area contributed by atoms with Crippen LogP contribution in [0.2, 0.25) is 0 Å². The van der Waals surface area contributed by atoms with Crippen LogP contribution < -0.4 is 5.32 Å². The van der Waals surface area contributed by atoms with Crippen LogP contribution in [-0.2, 0) is 0 Å². The number of thioether (sulfide) groups is 1. The lowest BCUT2D eigenvalue weighted by atomic mass is 10.00. The summed E-state index contributed by atoms with van der Waals surface area (Å²) < 4.78 is 0. The maximum Gasteiger partial charge on any atom is 0.255 e. The average Bonchev–Trinajstić information content (AvgIpc) is 2.44. The number of hydrogen-bond donors (Lipinski definition) is 2. The van der Waals surface area contributed by atoms with Crippen LogP contribution in [0.15, 0.2) is 5.03 Å². The summed E-state index contributed by atoms with van der Waals surface area (Å²) in [5, 5.41) is 12.7. The van der Waals surface area contributed by atoms with Gasteiger partial charge in [0, 0.05) is 13.2 Å². The topological polar surface area (TPSA) is 75.1 Å². The molecule has 1 aromatic rings. The van der Waals surface area contributed by atoms with Gasteiger partial charge in [0.05, 0.1) is 11.3 Å². The minimum Gasteiger partial charge on any atom is -0.396 e. The second-order valence-corrected chi connectivity index (χ2v) is 5.91. The smallest absolute Gasteiger partial charge is 0.255 e. The van der Waals surface area contributed by atoms with Crippen LogP contribution in [0.5, 0.6) is 0 Å². The lowest BCUT2D eigenvalue weighted by molar-refractivity contribution is 0.0938. The lowest BCUT2D eigenvalue weighted by Crippen LogP contribution is -2.31. The number of rotatable bonds is 8. The number of aliphatic hydroxyl groups is 1. The summed E-state index contributed by atoms with van der Waals surface area (Å²) in [6.45, 7) is 6.50. The van der Waals surface area contributed by atoms with Crippen molar-refractivity contribution in [2.45, 2.75) is 45.1 Å². The fourth-order valence-electron chi connectivity index (χ4n) is 2.36. The molecular weight excluding hydrogens is 286 g/mol. The third-order valence-corrected chi connectivity index (χ3v) is 4.06. The van der Waals surface area contributed by atoms with Crippen molar-refractivity contribution >= 4 is 17.7 Å². The zero-order valence-electron chi connectivity index (χ0n) is 13.3. The molecule has 1 heterocycles. The van der Waals surface area contributed by atoms with E-state index in [-0.39, 0.29) is 12.5 Å². The first kappa shape index (κ1) is 17.9. The predicted molar refractivity (Wildman–Crippen MR) is 85.7 cm³/mol. The molecule has 0 aromatic carbocycles. The standard InChI is InChI=1S/C15H25N3O2S/c1-5-6-12(7-8-19)9-16-14(20)13-10(2)17-11(3)18-15(13)21-4/h12,19H,5-9H2,1-4H3,(H,16,20). The van der Waals surface area contributed by atoms with Gasteiger partial charge in [-0.25, -0.2) is 9.97 Å². The second kappa shape index (κ2) is 9.00. The van der Waals surface area contributed by atoms with Gasteiger partial charge in [-0.05, 0) is 38.9 Å². The lowest BCUT2D eigenvalue weighted by Gasteiger charge is -2.17. The third kappa shape index (κ3) is 5.28. The minimum atomic E-state index is -0.129. The molecule has 0 saturated heterocycles. The van der Waals surface area contributed by atoms with Crippen molar-refractivity contribution < 1.29 is 9.90 Å². The number of carbonyl (C=O) groups excluding carboxylic acids is 1. The van der Waals surface area contributed by atoms with Crippen LogP contribution in [-0.4, -0.2) is 40.4 Å². The van der Waals surface area contributed by atoms with E-state index in [2.05, 4.69) is 22.2 Å². The second-order valence-electron chi connectivity index (χ2n) is 5.12. The van der Waals surface area contributed by atoms with Crippen molar-refractivity contribution in [2.24, 2.45) is 5.92 Å². The Balaban J connectivity index is 2.79. The normalized spacial score (nSPS) is 12.2. The van der Waals surface area contributed by atoms with Gasteiger partial charge in [0.1, 0.15) is 10.9 Å². The molecule has 0 fully saturated rings. The zero-order chi connectivity index (χ0) is 15.8. The molecule has 0 saturated carbocycles. The van der Waals surface area contributed by atoms with Crippen molar-refractivity contribution in [3.8, 4) is 0 Å². The van der Waals surface area contributed by atoms with E-state index in [0.717, 1.165) is 12.8 Å². The highest BCUT2D eigenvalue weighted by Gasteiger charge is 2.18. The molecule has 0 aliphatic carbocycles. The van der Waals surface area contributed by atoms with Crippen molar-refractivity contribution in [1.82, 2.24) is 15.3 Å². The summed E-state index contributed by atoms with van der Waals surface area (Å²) in [4.78, 5) is 21.0. The van der Waals surface area contributed by atoms with Crippen LogP contribution in [0.3, 0.4) is 0 Å². The SMILES string of the molecule is CCCC(CCO)CNC(=O)c1c(C)nc(C)nc1SC. The van der Waals surface area contributed by atoms with Gasteiger partial charge < -0.3 is 10.4 Å². The van der Waals surface area contributed by atoms with E-state index in [4.69, 9.17) is 5.11 Å². The highest BCUT2D eigenvalue weighted by atomic mass is 32.2. The molecule has 1 aromatic heterocycles. The van der Waals surface area contributed by atoms with Crippen molar-refractivity contribution in [2.75, 3.05) is 19.4 Å². The highest BCUT2D eigenvalue weighted by molar-refractivity contribution is 7.98. The Morgan fingerprint density at radius 3 is 2.62 bits per heavy atom. The van der Waals surface area contributed by atoms with Gasteiger partial charge in [-0.1, -0.05) is 13.3 Å². The Morgan fingerprint density at radius 2 is 2.05 bits per heavy atom. The Morgan fingerprint density at radius 1 is 1.33 bits per heavy atom. The van der Waals surface area contributed by atoms with Crippen molar-refractivity contribution in [3.05, 3.63) is 17.1 Å². The number of nitrogens with one attached hydrogen (secondary N) is 1. The first-order chi connectivity index (χ1) is 10.0. The largest absolute Gasteiger partial charge is 0.396 e. The van der Waals surface area contributed by atoms with Crippen LogP contribution >= 0.6 is 11.8 Å². The average molecular weight is 311 g/mol. The van der Waals surface area contributed by atoms with Gasteiger partial charge in [-0.2, -0.15) is 0 Å². The summed E-state index contributed by atoms with van der Waals surface area (Å²) >= 11 is 1.45. The first-order valence-electron chi connectivity index (χ1n) is 7.31. The van der Waals surface area contributed by atoms with E-state index in [1.165, 1.54) is 11.8 Å². The molecule has 5 nitrogen and oxygen atoms in total. The Labute approximate surface area is 131 Å². The van der Waals surface area contributed by atoms with E-state index in [9.17, 15) is 4.79 Å². The van der Waals surface area contributed by atoms with E-state index >= 15 is 0 Å². The fourth-order valence-corrected chi connectivity index (χ4v) is 3.02. The molecule has 0 spiro atoms. The van der Waals surface area contributed by atoms with Crippen molar-refractivity contribution in [3.63, 3.8) is 0 Å². The van der Waals surface area contributed by atoms with Gasteiger partial charge in [-0.15, -0.1) is 11.8 Å². The molecule has 0 bridgehead atoms. The Hall–Kier alpha value is -1.14. The summed E-state index contributed by atoms with van der Waals surface area (Å²) in [6, 6.07) is 0. The Bertz CT molecular complexity index is 474. The maximum absolute atomic E-state index is 12.4. The summed E-state index contributed by atoms with van der Waals surface area (Å²) in [5.41, 5.74) is 1.27. The Kier molecular flexibility index (Phi) is 7.67. The molecule has 118 valence electrons. The molecule has 1 rings (SSSR count). The summed E-state index contributed by atoms with van der Waals surface area (Å²) in [6.07, 6.45) is 4.67. The van der Waals surface area contributed by atoms with Crippen molar-refractivity contribution in [1.29, 1.82) is 0 Å². The van der Waals surface area contributed by atoms with E-state index in [1.807, 2.05) is 20.1 Å². The third-order valence-electron chi connectivity index (χ3n) is 3.37. The van der Waals surface area contributed by atoms with Gasteiger partial charge >= 0.3 is 0 Å². The molecule has 1 amide bonds. The number of aliphatic hydroxyl groups excluding tert-OH is 1. The number of aryl methyl sites for hydroxylation is 2. The molecule has 0 aliphatic rings. The summed E-state index contributed by atoms with van der Waals surface area (Å²) in [5.74, 6) is 0.863. The molecule has 0 radical (unpaired) electrons. The fraction of sp³-hybridized carbons (Fsp3) is 0.667. The van der Waals surface area contributed by atoms with Gasteiger partial charge in [0.2, 0.25) is 0 Å². The number of nitrogens with zero attached hydrogens (tertiary/aromatic N) is 2. The van der Waals surface area contributed by atoms with Gasteiger partial charge in [0.15, 0.2) is 0 Å². The van der Waals surface area contributed by atoms with E-state index in [1.54, 1.807) is 0 Å². The molecule has 1 unspecified atom stereocenters. The van der Waals surface area contributed by atoms with E-state index < -0.39 is 0 Å². The molecule has 0 aliphatic heterocycles. The maximum atomic E-state index is 12.4. The number of amides is 1. The quantitative estimate of drug-likeness (QED) is 0.569. The van der Waals surface area contributed by atoms with Crippen LogP contribution in [0.25, 0.3) is 0 Å².